The van der Waals surface area contributed by atoms with Gasteiger partial charge in [-0.3, -0.25) is 0 Å². The quantitative estimate of drug-likeness (QED) is 0.517. The third kappa shape index (κ3) is 3.98. The Labute approximate surface area is 162 Å². The van der Waals surface area contributed by atoms with Gasteiger partial charge in [0.1, 0.15) is 5.82 Å². The lowest BCUT2D eigenvalue weighted by Gasteiger charge is -2.23. The minimum absolute atomic E-state index is 0.156. The van der Waals surface area contributed by atoms with Crippen LogP contribution in [0.2, 0.25) is 0 Å². The molecule has 2 aliphatic carbocycles. The fraction of sp³-hybridized carbons (Fsp3) is 0.308. The van der Waals surface area contributed by atoms with Gasteiger partial charge in [0.05, 0.1) is 0 Å². The summed E-state index contributed by atoms with van der Waals surface area (Å²) in [6, 6.07) is 13.6. The molecule has 4 rings (SSSR count). The van der Waals surface area contributed by atoms with E-state index in [0.29, 0.717) is 5.56 Å². The van der Waals surface area contributed by atoms with Crippen LogP contribution in [0, 0.1) is 18.7 Å². The second-order valence-electron chi connectivity index (χ2n) is 8.07. The van der Waals surface area contributed by atoms with E-state index in [0.717, 1.165) is 29.0 Å². The molecule has 0 N–H and O–H groups in total. The van der Waals surface area contributed by atoms with E-state index in [1.165, 1.54) is 36.8 Å². The van der Waals surface area contributed by atoms with Crippen molar-refractivity contribution < 1.29 is 4.39 Å². The fourth-order valence-electron chi connectivity index (χ4n) is 4.12. The SMILES string of the molecule is Cc1ccc(-c2ccc(C3=CCC(=C4CCC(C)CC4)C=C3)cc2F)cc1. The molecule has 0 amide bonds. The second-order valence-corrected chi connectivity index (χ2v) is 8.07. The summed E-state index contributed by atoms with van der Waals surface area (Å²) in [5.41, 5.74) is 7.96. The zero-order chi connectivity index (χ0) is 18.8. The van der Waals surface area contributed by atoms with E-state index >= 15 is 0 Å². The van der Waals surface area contributed by atoms with Crippen LogP contribution in [0.5, 0.6) is 0 Å². The molecule has 0 atom stereocenters. The van der Waals surface area contributed by atoms with E-state index in [-0.39, 0.29) is 5.82 Å². The van der Waals surface area contributed by atoms with Crippen molar-refractivity contribution in [3.63, 3.8) is 0 Å². The maximum Gasteiger partial charge on any atom is 0.131 e. The molecule has 27 heavy (non-hydrogen) atoms. The van der Waals surface area contributed by atoms with Crippen LogP contribution in [0.4, 0.5) is 4.39 Å². The zero-order valence-corrected chi connectivity index (χ0v) is 16.3. The average molecular weight is 358 g/mol. The number of halogens is 1. The summed E-state index contributed by atoms with van der Waals surface area (Å²) in [6.45, 7) is 4.40. The van der Waals surface area contributed by atoms with Crippen molar-refractivity contribution >= 4 is 5.57 Å². The largest absolute Gasteiger partial charge is 0.206 e. The summed E-state index contributed by atoms with van der Waals surface area (Å²) in [6.07, 6.45) is 12.7. The third-order valence-electron chi connectivity index (χ3n) is 6.00. The molecule has 2 aliphatic rings. The number of allylic oxidation sites excluding steroid dienone is 6. The first-order valence-corrected chi connectivity index (χ1v) is 10.1. The average Bonchev–Trinajstić information content (AvgIpc) is 2.69. The summed E-state index contributed by atoms with van der Waals surface area (Å²) >= 11 is 0. The lowest BCUT2D eigenvalue weighted by Crippen LogP contribution is -2.06. The van der Waals surface area contributed by atoms with Gasteiger partial charge in [-0.2, -0.15) is 0 Å². The maximum absolute atomic E-state index is 14.7. The van der Waals surface area contributed by atoms with Gasteiger partial charge in [-0.05, 0) is 73.3 Å². The Morgan fingerprint density at radius 1 is 0.889 bits per heavy atom. The summed E-state index contributed by atoms with van der Waals surface area (Å²) in [5.74, 6) is 0.708. The fourth-order valence-corrected chi connectivity index (χ4v) is 4.12. The van der Waals surface area contributed by atoms with Crippen molar-refractivity contribution in [2.24, 2.45) is 5.92 Å². The Morgan fingerprint density at radius 2 is 1.59 bits per heavy atom. The molecule has 138 valence electrons. The minimum Gasteiger partial charge on any atom is -0.206 e. The topological polar surface area (TPSA) is 0 Å². The molecule has 0 nitrogen and oxygen atoms in total. The first kappa shape index (κ1) is 18.0. The summed E-state index contributed by atoms with van der Waals surface area (Å²) in [4.78, 5) is 0. The molecule has 0 spiro atoms. The molecule has 1 fully saturated rings. The zero-order valence-electron chi connectivity index (χ0n) is 16.3. The molecule has 0 aromatic heterocycles. The highest BCUT2D eigenvalue weighted by molar-refractivity contribution is 5.78. The van der Waals surface area contributed by atoms with Gasteiger partial charge in [0.15, 0.2) is 0 Å². The Kier molecular flexibility index (Phi) is 5.11. The van der Waals surface area contributed by atoms with Gasteiger partial charge >= 0.3 is 0 Å². The smallest absolute Gasteiger partial charge is 0.131 e. The maximum atomic E-state index is 14.7. The van der Waals surface area contributed by atoms with E-state index in [1.54, 1.807) is 11.6 Å². The van der Waals surface area contributed by atoms with Crippen LogP contribution in [-0.2, 0) is 0 Å². The first-order chi connectivity index (χ1) is 13.1. The predicted octanol–water partition coefficient (Wildman–Crippen LogP) is 7.65. The van der Waals surface area contributed by atoms with Crippen LogP contribution < -0.4 is 0 Å². The number of hydrogen-bond donors (Lipinski definition) is 0. The Morgan fingerprint density at radius 3 is 2.22 bits per heavy atom. The standard InChI is InChI=1S/C26H27F/c1-18-3-7-20(8-4-18)21-11-13-22(14-12-21)24-15-16-25(26(27)17-24)23-9-5-19(2)6-10-23/h5-6,9-11,13-18H,3-4,7-8,12H2,1-2H3. The molecule has 0 bridgehead atoms. The molecule has 0 unspecified atom stereocenters. The molecule has 0 saturated heterocycles. The Hall–Kier alpha value is -2.41. The number of hydrogen-bond acceptors (Lipinski definition) is 0. The van der Waals surface area contributed by atoms with Crippen molar-refractivity contribution in [1.29, 1.82) is 0 Å². The number of benzene rings is 2. The molecular weight excluding hydrogens is 331 g/mol. The van der Waals surface area contributed by atoms with Crippen molar-refractivity contribution in [3.05, 3.63) is 88.8 Å². The van der Waals surface area contributed by atoms with E-state index < -0.39 is 0 Å². The van der Waals surface area contributed by atoms with Crippen LogP contribution in [0.3, 0.4) is 0 Å². The summed E-state index contributed by atoms with van der Waals surface area (Å²) in [7, 11) is 0. The van der Waals surface area contributed by atoms with Gasteiger partial charge in [0.25, 0.3) is 0 Å². The predicted molar refractivity (Wildman–Crippen MR) is 113 cm³/mol. The third-order valence-corrected chi connectivity index (χ3v) is 6.00. The van der Waals surface area contributed by atoms with Crippen molar-refractivity contribution in [3.8, 4) is 11.1 Å². The first-order valence-electron chi connectivity index (χ1n) is 10.1. The van der Waals surface area contributed by atoms with Crippen LogP contribution in [0.25, 0.3) is 16.7 Å². The lowest BCUT2D eigenvalue weighted by molar-refractivity contribution is 0.441. The van der Waals surface area contributed by atoms with Gasteiger partial charge < -0.3 is 0 Å². The molecule has 0 heterocycles. The Bertz CT molecular complexity index is 915. The van der Waals surface area contributed by atoms with Gasteiger partial charge in [-0.25, -0.2) is 4.39 Å². The second kappa shape index (κ2) is 7.68. The Balaban J connectivity index is 1.53. The molecular formula is C26H27F. The van der Waals surface area contributed by atoms with E-state index in [2.05, 4.69) is 25.2 Å². The molecule has 2 aromatic carbocycles. The summed E-state index contributed by atoms with van der Waals surface area (Å²) < 4.78 is 14.7. The van der Waals surface area contributed by atoms with Crippen LogP contribution in [0.1, 0.15) is 50.2 Å². The molecule has 2 aromatic rings. The van der Waals surface area contributed by atoms with Crippen molar-refractivity contribution in [2.45, 2.75) is 46.0 Å². The highest BCUT2D eigenvalue weighted by Gasteiger charge is 2.16. The van der Waals surface area contributed by atoms with Gasteiger partial charge in [-0.15, -0.1) is 0 Å². The van der Waals surface area contributed by atoms with E-state index in [4.69, 9.17) is 0 Å². The number of aryl methyl sites for hydroxylation is 1. The summed E-state index contributed by atoms with van der Waals surface area (Å²) in [5, 5.41) is 0. The van der Waals surface area contributed by atoms with Crippen LogP contribution in [-0.4, -0.2) is 0 Å². The van der Waals surface area contributed by atoms with Gasteiger partial charge in [0.2, 0.25) is 0 Å². The number of rotatable bonds is 2. The highest BCUT2D eigenvalue weighted by Crippen LogP contribution is 2.34. The van der Waals surface area contributed by atoms with Crippen molar-refractivity contribution in [2.75, 3.05) is 0 Å². The lowest BCUT2D eigenvalue weighted by atomic mass is 9.82. The molecule has 0 radical (unpaired) electrons. The van der Waals surface area contributed by atoms with Gasteiger partial charge in [0, 0.05) is 5.56 Å². The van der Waals surface area contributed by atoms with Gasteiger partial charge in [-0.1, -0.05) is 72.7 Å². The molecule has 1 heteroatoms. The van der Waals surface area contributed by atoms with E-state index in [9.17, 15) is 4.39 Å². The van der Waals surface area contributed by atoms with Crippen LogP contribution >= 0.6 is 0 Å². The molecule has 1 saturated carbocycles. The monoisotopic (exact) mass is 358 g/mol. The van der Waals surface area contributed by atoms with E-state index in [1.807, 2.05) is 43.3 Å². The molecule has 0 aliphatic heterocycles. The van der Waals surface area contributed by atoms with Crippen LogP contribution in [0.15, 0.2) is 71.8 Å². The van der Waals surface area contributed by atoms with Crippen molar-refractivity contribution in [1.82, 2.24) is 0 Å². The minimum atomic E-state index is -0.156. The highest BCUT2D eigenvalue weighted by atomic mass is 19.1. The normalized spacial score (nSPS) is 20.0.